The molecule has 1 heterocycles. The standard InChI is InChI=1S/C15H25N3O2S/c1-9(2)7-18-12(11-14(3,4)15(11,5)6)16-17-13(18)21-8-10(19)20/h9,11H,7-8H2,1-6H3,(H,19,20). The summed E-state index contributed by atoms with van der Waals surface area (Å²) in [7, 11) is 0. The predicted molar refractivity (Wildman–Crippen MR) is 83.5 cm³/mol. The van der Waals surface area contributed by atoms with Crippen molar-refractivity contribution in [3.8, 4) is 0 Å². The Labute approximate surface area is 130 Å². The maximum atomic E-state index is 10.8. The molecular weight excluding hydrogens is 286 g/mol. The molecule has 0 atom stereocenters. The second-order valence-corrected chi connectivity index (χ2v) is 8.35. The van der Waals surface area contributed by atoms with Gasteiger partial charge in [-0.3, -0.25) is 4.79 Å². The molecule has 1 aromatic rings. The van der Waals surface area contributed by atoms with E-state index in [1.54, 1.807) is 0 Å². The number of aromatic nitrogens is 3. The smallest absolute Gasteiger partial charge is 0.313 e. The Kier molecular flexibility index (Phi) is 4.12. The third kappa shape index (κ3) is 2.82. The van der Waals surface area contributed by atoms with Crippen molar-refractivity contribution in [2.75, 3.05) is 5.75 Å². The molecule has 118 valence electrons. The van der Waals surface area contributed by atoms with Crippen molar-refractivity contribution < 1.29 is 9.90 Å². The zero-order chi connectivity index (χ0) is 16.0. The molecule has 0 unspecified atom stereocenters. The summed E-state index contributed by atoms with van der Waals surface area (Å²) >= 11 is 1.25. The van der Waals surface area contributed by atoms with Gasteiger partial charge in [0.2, 0.25) is 0 Å². The first-order valence-corrected chi connectivity index (χ1v) is 8.35. The fraction of sp³-hybridized carbons (Fsp3) is 0.800. The average molecular weight is 311 g/mol. The van der Waals surface area contributed by atoms with Gasteiger partial charge in [-0.05, 0) is 16.7 Å². The van der Waals surface area contributed by atoms with Crippen LogP contribution in [0.1, 0.15) is 53.3 Å². The Morgan fingerprint density at radius 2 is 1.86 bits per heavy atom. The fourth-order valence-electron chi connectivity index (χ4n) is 3.13. The molecule has 1 saturated carbocycles. The quantitative estimate of drug-likeness (QED) is 0.817. The third-order valence-electron chi connectivity index (χ3n) is 4.90. The van der Waals surface area contributed by atoms with Crippen LogP contribution in [0.5, 0.6) is 0 Å². The molecule has 0 bridgehead atoms. The van der Waals surface area contributed by atoms with Crippen molar-refractivity contribution in [3.63, 3.8) is 0 Å². The molecule has 1 N–H and O–H groups in total. The molecule has 0 aromatic carbocycles. The van der Waals surface area contributed by atoms with Gasteiger partial charge < -0.3 is 9.67 Å². The van der Waals surface area contributed by atoms with Gasteiger partial charge in [0.1, 0.15) is 5.82 Å². The third-order valence-corrected chi connectivity index (χ3v) is 5.85. The van der Waals surface area contributed by atoms with Crippen molar-refractivity contribution in [2.24, 2.45) is 16.7 Å². The number of carboxylic acid groups (broad SMARTS) is 1. The molecule has 5 nitrogen and oxygen atoms in total. The maximum Gasteiger partial charge on any atom is 0.313 e. The Bertz CT molecular complexity index is 535. The average Bonchev–Trinajstić information content (AvgIpc) is 2.62. The van der Waals surface area contributed by atoms with Crippen LogP contribution < -0.4 is 0 Å². The number of aliphatic carboxylic acids is 1. The number of carbonyl (C=O) groups is 1. The molecule has 0 saturated heterocycles. The van der Waals surface area contributed by atoms with Crippen LogP contribution in [0.3, 0.4) is 0 Å². The van der Waals surface area contributed by atoms with E-state index in [9.17, 15) is 4.79 Å². The summed E-state index contributed by atoms with van der Waals surface area (Å²) in [6, 6.07) is 0. The molecule has 1 aromatic heterocycles. The zero-order valence-corrected chi connectivity index (χ0v) is 14.5. The van der Waals surface area contributed by atoms with Gasteiger partial charge in [0.25, 0.3) is 0 Å². The second kappa shape index (κ2) is 5.30. The summed E-state index contributed by atoms with van der Waals surface area (Å²) in [5.74, 6) is 1.04. The van der Waals surface area contributed by atoms with Gasteiger partial charge in [-0.1, -0.05) is 53.3 Å². The van der Waals surface area contributed by atoms with Crippen molar-refractivity contribution in [1.82, 2.24) is 14.8 Å². The zero-order valence-electron chi connectivity index (χ0n) is 13.7. The number of thioether (sulfide) groups is 1. The van der Waals surface area contributed by atoms with E-state index in [-0.39, 0.29) is 16.6 Å². The molecule has 21 heavy (non-hydrogen) atoms. The number of rotatable bonds is 6. The molecule has 0 amide bonds. The Balaban J connectivity index is 2.32. The van der Waals surface area contributed by atoms with E-state index in [1.165, 1.54) is 11.8 Å². The van der Waals surface area contributed by atoms with Gasteiger partial charge in [0, 0.05) is 12.5 Å². The Hall–Kier alpha value is -1.04. The maximum absolute atomic E-state index is 10.8. The number of hydrogen-bond acceptors (Lipinski definition) is 4. The van der Waals surface area contributed by atoms with Crippen LogP contribution in [0.2, 0.25) is 0 Å². The van der Waals surface area contributed by atoms with Gasteiger partial charge in [-0.2, -0.15) is 0 Å². The van der Waals surface area contributed by atoms with E-state index >= 15 is 0 Å². The lowest BCUT2D eigenvalue weighted by Gasteiger charge is -2.13. The van der Waals surface area contributed by atoms with Crippen LogP contribution in [-0.2, 0) is 11.3 Å². The van der Waals surface area contributed by atoms with E-state index in [2.05, 4.69) is 56.3 Å². The number of nitrogens with zero attached hydrogens (tertiary/aromatic N) is 3. The first kappa shape index (κ1) is 16.3. The lowest BCUT2D eigenvalue weighted by Crippen LogP contribution is -2.11. The van der Waals surface area contributed by atoms with Crippen molar-refractivity contribution in [2.45, 2.75) is 59.2 Å². The molecule has 0 spiro atoms. The van der Waals surface area contributed by atoms with Crippen LogP contribution in [0.4, 0.5) is 0 Å². The van der Waals surface area contributed by atoms with Gasteiger partial charge in [-0.15, -0.1) is 10.2 Å². The molecule has 1 aliphatic carbocycles. The highest BCUT2D eigenvalue weighted by Gasteiger charge is 2.67. The van der Waals surface area contributed by atoms with E-state index in [1.807, 2.05) is 0 Å². The summed E-state index contributed by atoms with van der Waals surface area (Å²) in [6.45, 7) is 14.2. The molecule has 1 aliphatic rings. The minimum Gasteiger partial charge on any atom is -0.481 e. The summed E-state index contributed by atoms with van der Waals surface area (Å²) in [5, 5.41) is 18.2. The SMILES string of the molecule is CC(C)Cn1c(SCC(=O)O)nnc1C1C(C)(C)C1(C)C. The lowest BCUT2D eigenvalue weighted by atomic mass is 10.0. The topological polar surface area (TPSA) is 68.0 Å². The van der Waals surface area contributed by atoms with Gasteiger partial charge in [0.05, 0.1) is 5.75 Å². The van der Waals surface area contributed by atoms with Crippen LogP contribution in [0.25, 0.3) is 0 Å². The van der Waals surface area contributed by atoms with Gasteiger partial charge in [-0.25, -0.2) is 0 Å². The van der Waals surface area contributed by atoms with E-state index < -0.39 is 5.97 Å². The predicted octanol–water partition coefficient (Wildman–Crippen LogP) is 3.26. The molecule has 1 fully saturated rings. The van der Waals surface area contributed by atoms with Crippen molar-refractivity contribution in [3.05, 3.63) is 5.82 Å². The Morgan fingerprint density at radius 3 is 2.29 bits per heavy atom. The highest BCUT2D eigenvalue weighted by atomic mass is 32.2. The minimum absolute atomic E-state index is 0.0215. The summed E-state index contributed by atoms with van der Waals surface area (Å²) < 4.78 is 2.12. The highest BCUT2D eigenvalue weighted by molar-refractivity contribution is 7.99. The van der Waals surface area contributed by atoms with Crippen LogP contribution in [-0.4, -0.2) is 31.6 Å². The molecule has 0 aliphatic heterocycles. The van der Waals surface area contributed by atoms with Crippen LogP contribution in [0, 0.1) is 16.7 Å². The summed E-state index contributed by atoms with van der Waals surface area (Å²) in [5.41, 5.74) is 0.396. The van der Waals surface area contributed by atoms with Crippen molar-refractivity contribution in [1.29, 1.82) is 0 Å². The van der Waals surface area contributed by atoms with Gasteiger partial charge in [0.15, 0.2) is 5.16 Å². The Morgan fingerprint density at radius 1 is 1.29 bits per heavy atom. The summed E-state index contributed by atoms with van der Waals surface area (Å²) in [4.78, 5) is 10.8. The van der Waals surface area contributed by atoms with Crippen LogP contribution in [0.15, 0.2) is 5.16 Å². The lowest BCUT2D eigenvalue weighted by molar-refractivity contribution is -0.133. The first-order chi connectivity index (χ1) is 9.59. The van der Waals surface area contributed by atoms with Gasteiger partial charge >= 0.3 is 5.97 Å². The fourth-order valence-corrected chi connectivity index (χ4v) is 3.80. The molecular formula is C15H25N3O2S. The van der Waals surface area contributed by atoms with E-state index in [0.29, 0.717) is 11.8 Å². The number of carboxylic acids is 1. The van der Waals surface area contributed by atoms with Crippen molar-refractivity contribution >= 4 is 17.7 Å². The molecule has 2 rings (SSSR count). The second-order valence-electron chi connectivity index (χ2n) is 7.40. The monoisotopic (exact) mass is 311 g/mol. The first-order valence-electron chi connectivity index (χ1n) is 7.36. The van der Waals surface area contributed by atoms with Crippen LogP contribution >= 0.6 is 11.8 Å². The van der Waals surface area contributed by atoms with E-state index in [4.69, 9.17) is 5.11 Å². The normalized spacial score (nSPS) is 20.0. The highest BCUT2D eigenvalue weighted by Crippen LogP contribution is 2.73. The largest absolute Gasteiger partial charge is 0.481 e. The summed E-state index contributed by atoms with van der Waals surface area (Å²) in [6.07, 6.45) is 0. The molecule has 0 radical (unpaired) electrons. The number of hydrogen-bond donors (Lipinski definition) is 1. The minimum atomic E-state index is -0.826. The van der Waals surface area contributed by atoms with E-state index in [0.717, 1.165) is 17.5 Å². The molecule has 6 heteroatoms.